The summed E-state index contributed by atoms with van der Waals surface area (Å²) in [5, 5.41) is 3.07. The normalized spacial score (nSPS) is 20.6. The number of piperidine rings is 1. The fourth-order valence-electron chi connectivity index (χ4n) is 5.00. The zero-order valence-electron chi connectivity index (χ0n) is 20.9. The summed E-state index contributed by atoms with van der Waals surface area (Å²) in [4.78, 5) is 17.5. The Morgan fingerprint density at radius 1 is 0.943 bits per heavy atom. The number of carbonyl (C=O) groups excluding carboxylic acids is 1. The minimum absolute atomic E-state index is 0.0266. The Kier molecular flexibility index (Phi) is 8.59. The summed E-state index contributed by atoms with van der Waals surface area (Å²) in [5.74, 6) is 0.712. The Balaban J connectivity index is 1.25. The Bertz CT molecular complexity index is 1100. The van der Waals surface area contributed by atoms with Gasteiger partial charge in [-0.1, -0.05) is 48.9 Å². The average molecular weight is 499 g/mol. The molecule has 2 aromatic rings. The standard InChI is InChI=1S/C27H38N4O3S/c1-22-9-11-26(12-10-22)35(33,34)31-16-14-29(15-17-31)21-27(32)28-18-24-7-3-4-8-25(24)20-30-13-5-6-23(2)19-30/h3-4,7-12,23H,5-6,13-21H2,1-2H3,(H,28,32). The number of benzene rings is 2. The van der Waals surface area contributed by atoms with Crippen molar-refractivity contribution in [1.82, 2.24) is 19.4 Å². The first-order valence-corrected chi connectivity index (χ1v) is 14.1. The van der Waals surface area contributed by atoms with Crippen LogP contribution in [0.4, 0.5) is 0 Å². The molecule has 2 heterocycles. The van der Waals surface area contributed by atoms with Crippen molar-refractivity contribution in [2.45, 2.75) is 44.7 Å². The van der Waals surface area contributed by atoms with E-state index in [0.29, 0.717) is 37.6 Å². The third-order valence-corrected chi connectivity index (χ3v) is 9.00. The van der Waals surface area contributed by atoms with Crippen LogP contribution < -0.4 is 5.32 Å². The van der Waals surface area contributed by atoms with Crippen molar-refractivity contribution < 1.29 is 13.2 Å². The van der Waals surface area contributed by atoms with E-state index < -0.39 is 10.0 Å². The maximum absolute atomic E-state index is 12.9. The number of piperazine rings is 1. The first-order valence-electron chi connectivity index (χ1n) is 12.7. The molecule has 4 rings (SSSR count). The largest absolute Gasteiger partial charge is 0.351 e. The lowest BCUT2D eigenvalue weighted by atomic mass is 9.99. The molecule has 0 aliphatic carbocycles. The molecule has 0 bridgehead atoms. The molecule has 0 radical (unpaired) electrons. The maximum atomic E-state index is 12.9. The van der Waals surface area contributed by atoms with Crippen LogP contribution in [-0.4, -0.2) is 74.2 Å². The molecule has 2 aliphatic heterocycles. The van der Waals surface area contributed by atoms with Crippen molar-refractivity contribution in [2.24, 2.45) is 5.92 Å². The predicted molar refractivity (Wildman–Crippen MR) is 138 cm³/mol. The molecule has 1 atom stereocenters. The molecule has 2 aliphatic rings. The molecule has 0 saturated carbocycles. The van der Waals surface area contributed by atoms with Crippen LogP contribution in [0.25, 0.3) is 0 Å². The van der Waals surface area contributed by atoms with Gasteiger partial charge >= 0.3 is 0 Å². The second-order valence-corrected chi connectivity index (χ2v) is 12.0. The van der Waals surface area contributed by atoms with Gasteiger partial charge in [-0.15, -0.1) is 0 Å². The van der Waals surface area contributed by atoms with E-state index >= 15 is 0 Å². The summed E-state index contributed by atoms with van der Waals surface area (Å²) in [5.41, 5.74) is 3.47. The van der Waals surface area contributed by atoms with Gasteiger partial charge in [0, 0.05) is 45.8 Å². The molecular weight excluding hydrogens is 460 g/mol. The van der Waals surface area contributed by atoms with Crippen molar-refractivity contribution in [3.8, 4) is 0 Å². The predicted octanol–water partition coefficient (Wildman–Crippen LogP) is 2.85. The van der Waals surface area contributed by atoms with Crippen LogP contribution in [0.5, 0.6) is 0 Å². The van der Waals surface area contributed by atoms with Crippen molar-refractivity contribution in [2.75, 3.05) is 45.8 Å². The minimum atomic E-state index is -3.50. The van der Waals surface area contributed by atoms with Crippen molar-refractivity contribution >= 4 is 15.9 Å². The van der Waals surface area contributed by atoms with Gasteiger partial charge in [-0.2, -0.15) is 4.31 Å². The van der Waals surface area contributed by atoms with Crippen LogP contribution in [-0.2, 0) is 27.9 Å². The van der Waals surface area contributed by atoms with Gasteiger partial charge in [-0.25, -0.2) is 8.42 Å². The number of hydrogen-bond acceptors (Lipinski definition) is 5. The van der Waals surface area contributed by atoms with Crippen LogP contribution in [0.2, 0.25) is 0 Å². The highest BCUT2D eigenvalue weighted by Gasteiger charge is 2.29. The van der Waals surface area contributed by atoms with E-state index in [2.05, 4.69) is 35.3 Å². The minimum Gasteiger partial charge on any atom is -0.351 e. The molecular formula is C27H38N4O3S. The number of nitrogens with one attached hydrogen (secondary N) is 1. The third-order valence-electron chi connectivity index (χ3n) is 7.09. The Hall–Kier alpha value is -2.26. The number of aryl methyl sites for hydroxylation is 1. The number of carbonyl (C=O) groups is 1. The SMILES string of the molecule is Cc1ccc(S(=O)(=O)N2CCN(CC(=O)NCc3ccccc3CN3CCCC(C)C3)CC2)cc1. The van der Waals surface area contributed by atoms with E-state index in [4.69, 9.17) is 0 Å². The fraction of sp³-hybridized carbons (Fsp3) is 0.519. The number of rotatable bonds is 8. The molecule has 2 fully saturated rings. The molecule has 190 valence electrons. The summed E-state index contributed by atoms with van der Waals surface area (Å²) in [6.45, 7) is 10.1. The lowest BCUT2D eigenvalue weighted by Gasteiger charge is -2.33. The summed E-state index contributed by atoms with van der Waals surface area (Å²) in [6.07, 6.45) is 2.56. The number of hydrogen-bond donors (Lipinski definition) is 1. The second-order valence-electron chi connectivity index (χ2n) is 10.0. The van der Waals surface area contributed by atoms with Gasteiger partial charge in [-0.3, -0.25) is 14.6 Å². The molecule has 0 spiro atoms. The third kappa shape index (κ3) is 6.91. The molecule has 1 N–H and O–H groups in total. The Morgan fingerprint density at radius 3 is 2.31 bits per heavy atom. The van der Waals surface area contributed by atoms with E-state index in [1.54, 1.807) is 12.1 Å². The Morgan fingerprint density at radius 2 is 1.63 bits per heavy atom. The zero-order valence-corrected chi connectivity index (χ0v) is 21.8. The van der Waals surface area contributed by atoms with Crippen LogP contribution in [0.15, 0.2) is 53.4 Å². The average Bonchev–Trinajstić information content (AvgIpc) is 2.84. The monoisotopic (exact) mass is 498 g/mol. The first kappa shape index (κ1) is 25.8. The number of nitrogens with zero attached hydrogens (tertiary/aromatic N) is 3. The molecule has 7 nitrogen and oxygen atoms in total. The van der Waals surface area contributed by atoms with Crippen LogP contribution in [0, 0.1) is 12.8 Å². The number of amides is 1. The number of likely N-dealkylation sites (tertiary alicyclic amines) is 1. The van der Waals surface area contributed by atoms with Crippen LogP contribution in [0.1, 0.15) is 36.5 Å². The zero-order chi connectivity index (χ0) is 24.8. The van der Waals surface area contributed by atoms with E-state index in [1.807, 2.05) is 30.0 Å². The van der Waals surface area contributed by atoms with E-state index in [9.17, 15) is 13.2 Å². The van der Waals surface area contributed by atoms with Gasteiger partial charge in [0.05, 0.1) is 11.4 Å². The Labute approximate surface area is 210 Å². The van der Waals surface area contributed by atoms with E-state index in [1.165, 1.54) is 22.7 Å². The summed E-state index contributed by atoms with van der Waals surface area (Å²) in [6, 6.07) is 15.3. The van der Waals surface area contributed by atoms with Gasteiger partial charge in [-0.05, 0) is 55.5 Å². The van der Waals surface area contributed by atoms with Gasteiger partial charge in [0.2, 0.25) is 15.9 Å². The molecule has 1 amide bonds. The second kappa shape index (κ2) is 11.6. The molecule has 1 unspecified atom stereocenters. The van der Waals surface area contributed by atoms with Crippen molar-refractivity contribution in [1.29, 1.82) is 0 Å². The summed E-state index contributed by atoms with van der Waals surface area (Å²) in [7, 11) is -3.50. The van der Waals surface area contributed by atoms with E-state index in [-0.39, 0.29) is 12.5 Å². The highest BCUT2D eigenvalue weighted by Crippen LogP contribution is 2.20. The molecule has 35 heavy (non-hydrogen) atoms. The lowest BCUT2D eigenvalue weighted by molar-refractivity contribution is -0.122. The molecule has 2 saturated heterocycles. The van der Waals surface area contributed by atoms with Crippen LogP contribution in [0.3, 0.4) is 0 Å². The molecule has 0 aromatic heterocycles. The highest BCUT2D eigenvalue weighted by atomic mass is 32.2. The fourth-order valence-corrected chi connectivity index (χ4v) is 6.42. The molecule has 8 heteroatoms. The van der Waals surface area contributed by atoms with Gasteiger partial charge in [0.1, 0.15) is 0 Å². The summed E-state index contributed by atoms with van der Waals surface area (Å²) < 4.78 is 27.3. The van der Waals surface area contributed by atoms with Crippen molar-refractivity contribution in [3.63, 3.8) is 0 Å². The number of sulfonamides is 1. The van der Waals surface area contributed by atoms with Crippen molar-refractivity contribution in [3.05, 3.63) is 65.2 Å². The quantitative estimate of drug-likeness (QED) is 0.606. The highest BCUT2D eigenvalue weighted by molar-refractivity contribution is 7.89. The summed E-state index contributed by atoms with van der Waals surface area (Å²) >= 11 is 0. The van der Waals surface area contributed by atoms with Gasteiger partial charge in [0.15, 0.2) is 0 Å². The lowest BCUT2D eigenvalue weighted by Crippen LogP contribution is -2.51. The van der Waals surface area contributed by atoms with E-state index in [0.717, 1.165) is 36.7 Å². The van der Waals surface area contributed by atoms with Gasteiger partial charge < -0.3 is 5.32 Å². The smallest absolute Gasteiger partial charge is 0.243 e. The van der Waals surface area contributed by atoms with Crippen LogP contribution >= 0.6 is 0 Å². The topological polar surface area (TPSA) is 73.0 Å². The molecule has 2 aromatic carbocycles. The van der Waals surface area contributed by atoms with Gasteiger partial charge in [0.25, 0.3) is 0 Å². The first-order chi connectivity index (χ1) is 16.8. The maximum Gasteiger partial charge on any atom is 0.243 e.